The molecule has 0 saturated carbocycles. The molecule has 2 saturated heterocycles. The van der Waals surface area contributed by atoms with E-state index in [-0.39, 0.29) is 17.5 Å². The van der Waals surface area contributed by atoms with Gasteiger partial charge in [-0.15, -0.1) is 0 Å². The molecule has 0 aliphatic carbocycles. The zero-order chi connectivity index (χ0) is 16.8. The Balaban J connectivity index is 1.71. The SMILES string of the molecule is CN(C(=O)c1cc(=O)n(C)c2ccccc12)C1CC2CCC(C1)N2. The number of carbonyl (C=O) groups is 1. The van der Waals surface area contributed by atoms with Crippen molar-refractivity contribution in [1.82, 2.24) is 14.8 Å². The van der Waals surface area contributed by atoms with E-state index in [1.807, 2.05) is 36.2 Å². The van der Waals surface area contributed by atoms with Gasteiger partial charge in [-0.3, -0.25) is 9.59 Å². The predicted molar refractivity (Wildman–Crippen MR) is 94.3 cm³/mol. The first-order valence-corrected chi connectivity index (χ1v) is 8.66. The van der Waals surface area contributed by atoms with Crippen LogP contribution in [-0.2, 0) is 7.05 Å². The Hall–Kier alpha value is -2.14. The quantitative estimate of drug-likeness (QED) is 0.917. The number of para-hydroxylation sites is 1. The molecule has 2 unspecified atom stereocenters. The maximum Gasteiger partial charge on any atom is 0.254 e. The van der Waals surface area contributed by atoms with Crippen LogP contribution in [0.5, 0.6) is 0 Å². The lowest BCUT2D eigenvalue weighted by molar-refractivity contribution is 0.0683. The monoisotopic (exact) mass is 325 g/mol. The average molecular weight is 325 g/mol. The normalized spacial score (nSPS) is 25.8. The van der Waals surface area contributed by atoms with Crippen LogP contribution in [-0.4, -0.2) is 40.5 Å². The molecule has 24 heavy (non-hydrogen) atoms. The predicted octanol–water partition coefficient (Wildman–Crippen LogP) is 1.89. The van der Waals surface area contributed by atoms with Crippen molar-refractivity contribution in [3.63, 3.8) is 0 Å². The highest BCUT2D eigenvalue weighted by molar-refractivity contribution is 6.06. The van der Waals surface area contributed by atoms with Crippen molar-refractivity contribution < 1.29 is 4.79 Å². The molecule has 2 aromatic rings. The van der Waals surface area contributed by atoms with Crippen LogP contribution >= 0.6 is 0 Å². The van der Waals surface area contributed by atoms with E-state index in [0.717, 1.165) is 23.7 Å². The van der Waals surface area contributed by atoms with Gasteiger partial charge in [0.25, 0.3) is 11.5 Å². The summed E-state index contributed by atoms with van der Waals surface area (Å²) in [5, 5.41) is 4.45. The molecule has 0 radical (unpaired) electrons. The van der Waals surface area contributed by atoms with Gasteiger partial charge in [-0.05, 0) is 31.7 Å². The van der Waals surface area contributed by atoms with Crippen molar-refractivity contribution in [1.29, 1.82) is 0 Å². The summed E-state index contributed by atoms with van der Waals surface area (Å²) in [5.74, 6) is -0.0461. The molecule has 2 bridgehead atoms. The number of fused-ring (bicyclic) bond motifs is 3. The number of hydrogen-bond acceptors (Lipinski definition) is 3. The second kappa shape index (κ2) is 5.74. The minimum Gasteiger partial charge on any atom is -0.339 e. The highest BCUT2D eigenvalue weighted by Crippen LogP contribution is 2.30. The Kier molecular flexibility index (Phi) is 3.68. The molecule has 3 heterocycles. The summed E-state index contributed by atoms with van der Waals surface area (Å²) in [6.07, 6.45) is 4.42. The molecule has 2 atom stereocenters. The van der Waals surface area contributed by atoms with Crippen LogP contribution in [0, 0.1) is 0 Å². The number of pyridine rings is 1. The Bertz CT molecular complexity index is 845. The van der Waals surface area contributed by atoms with Crippen molar-refractivity contribution >= 4 is 16.8 Å². The maximum absolute atomic E-state index is 13.1. The molecule has 5 heteroatoms. The molecular weight excluding hydrogens is 302 g/mol. The molecule has 4 rings (SSSR count). The number of carbonyl (C=O) groups excluding carboxylic acids is 1. The Morgan fingerprint density at radius 1 is 1.21 bits per heavy atom. The van der Waals surface area contributed by atoms with Crippen molar-refractivity contribution in [2.24, 2.45) is 7.05 Å². The molecule has 2 aliphatic heterocycles. The fourth-order valence-electron chi connectivity index (χ4n) is 4.29. The molecule has 1 aromatic heterocycles. The third-order valence-corrected chi connectivity index (χ3v) is 5.70. The van der Waals surface area contributed by atoms with Gasteiger partial charge in [0.15, 0.2) is 0 Å². The first kappa shape index (κ1) is 15.4. The van der Waals surface area contributed by atoms with E-state index in [9.17, 15) is 9.59 Å². The van der Waals surface area contributed by atoms with Crippen LogP contribution in [0.1, 0.15) is 36.0 Å². The van der Waals surface area contributed by atoms with Crippen LogP contribution in [0.2, 0.25) is 0 Å². The summed E-state index contributed by atoms with van der Waals surface area (Å²) in [6, 6.07) is 10.4. The third-order valence-electron chi connectivity index (χ3n) is 5.70. The van der Waals surface area contributed by atoms with Gasteiger partial charge in [-0.2, -0.15) is 0 Å². The molecule has 0 spiro atoms. The Morgan fingerprint density at radius 3 is 2.58 bits per heavy atom. The molecular formula is C19H23N3O2. The van der Waals surface area contributed by atoms with Crippen LogP contribution in [0.25, 0.3) is 10.9 Å². The lowest BCUT2D eigenvalue weighted by atomic mass is 9.97. The van der Waals surface area contributed by atoms with E-state index in [2.05, 4.69) is 5.32 Å². The smallest absolute Gasteiger partial charge is 0.254 e. The molecule has 1 aromatic carbocycles. The first-order valence-electron chi connectivity index (χ1n) is 8.66. The van der Waals surface area contributed by atoms with Crippen LogP contribution in [0.3, 0.4) is 0 Å². The van der Waals surface area contributed by atoms with Gasteiger partial charge in [0.05, 0.1) is 11.1 Å². The van der Waals surface area contributed by atoms with Gasteiger partial charge in [0, 0.05) is 43.7 Å². The third kappa shape index (κ3) is 2.44. The summed E-state index contributed by atoms with van der Waals surface area (Å²) in [6.45, 7) is 0. The number of piperidine rings is 1. The summed E-state index contributed by atoms with van der Waals surface area (Å²) < 4.78 is 1.59. The molecule has 1 amide bonds. The number of nitrogens with one attached hydrogen (secondary N) is 1. The standard InChI is InChI=1S/C19H23N3O2/c1-21(14-9-12-7-8-13(10-14)20-12)19(24)16-11-18(23)22(2)17-6-4-3-5-15(16)17/h3-6,11-14,20H,7-10H2,1-2H3. The summed E-state index contributed by atoms with van der Waals surface area (Å²) in [4.78, 5) is 27.2. The largest absolute Gasteiger partial charge is 0.339 e. The van der Waals surface area contributed by atoms with E-state index >= 15 is 0 Å². The fraction of sp³-hybridized carbons (Fsp3) is 0.474. The highest BCUT2D eigenvalue weighted by atomic mass is 16.2. The average Bonchev–Trinajstić information content (AvgIpc) is 2.94. The zero-order valence-corrected chi connectivity index (χ0v) is 14.2. The van der Waals surface area contributed by atoms with E-state index in [4.69, 9.17) is 0 Å². The lowest BCUT2D eigenvalue weighted by Crippen LogP contribution is -2.48. The summed E-state index contributed by atoms with van der Waals surface area (Å²) in [5.41, 5.74) is 1.17. The molecule has 5 nitrogen and oxygen atoms in total. The topological polar surface area (TPSA) is 54.3 Å². The number of aryl methyl sites for hydroxylation is 1. The van der Waals surface area contributed by atoms with E-state index in [1.165, 1.54) is 18.9 Å². The number of aromatic nitrogens is 1. The number of benzene rings is 1. The maximum atomic E-state index is 13.1. The van der Waals surface area contributed by atoms with E-state index in [0.29, 0.717) is 17.6 Å². The number of hydrogen-bond donors (Lipinski definition) is 1. The van der Waals surface area contributed by atoms with Gasteiger partial charge in [0.1, 0.15) is 0 Å². The molecule has 1 N–H and O–H groups in total. The molecule has 2 aliphatic rings. The minimum absolute atomic E-state index is 0.0461. The van der Waals surface area contributed by atoms with Crippen molar-refractivity contribution in [2.75, 3.05) is 7.05 Å². The van der Waals surface area contributed by atoms with Crippen LogP contribution < -0.4 is 10.9 Å². The Morgan fingerprint density at radius 2 is 1.88 bits per heavy atom. The highest BCUT2D eigenvalue weighted by Gasteiger charge is 2.36. The molecule has 2 fully saturated rings. The van der Waals surface area contributed by atoms with Crippen molar-refractivity contribution in [3.05, 3.63) is 46.2 Å². The number of nitrogens with zero attached hydrogens (tertiary/aromatic N) is 2. The van der Waals surface area contributed by atoms with Crippen molar-refractivity contribution in [3.8, 4) is 0 Å². The Labute approximate surface area is 141 Å². The number of rotatable bonds is 2. The van der Waals surface area contributed by atoms with E-state index < -0.39 is 0 Å². The second-order valence-corrected chi connectivity index (χ2v) is 7.15. The second-order valence-electron chi connectivity index (χ2n) is 7.15. The van der Waals surface area contributed by atoms with Crippen molar-refractivity contribution in [2.45, 2.75) is 43.8 Å². The van der Waals surface area contributed by atoms with E-state index in [1.54, 1.807) is 11.6 Å². The minimum atomic E-state index is -0.143. The summed E-state index contributed by atoms with van der Waals surface area (Å²) in [7, 11) is 3.62. The van der Waals surface area contributed by atoms with Crippen LogP contribution in [0.4, 0.5) is 0 Å². The van der Waals surface area contributed by atoms with Gasteiger partial charge in [-0.1, -0.05) is 18.2 Å². The zero-order valence-electron chi connectivity index (χ0n) is 14.2. The van der Waals surface area contributed by atoms with Gasteiger partial charge in [-0.25, -0.2) is 0 Å². The first-order chi connectivity index (χ1) is 11.5. The van der Waals surface area contributed by atoms with Gasteiger partial charge >= 0.3 is 0 Å². The lowest BCUT2D eigenvalue weighted by Gasteiger charge is -2.35. The molecule has 126 valence electrons. The number of amides is 1. The van der Waals surface area contributed by atoms with Crippen LogP contribution in [0.15, 0.2) is 35.1 Å². The summed E-state index contributed by atoms with van der Waals surface area (Å²) >= 11 is 0. The van der Waals surface area contributed by atoms with Gasteiger partial charge < -0.3 is 14.8 Å². The fourth-order valence-corrected chi connectivity index (χ4v) is 4.29. The van der Waals surface area contributed by atoms with Gasteiger partial charge in [0.2, 0.25) is 0 Å².